The summed E-state index contributed by atoms with van der Waals surface area (Å²) in [5, 5.41) is 43.3. The Morgan fingerprint density at radius 3 is 2.36 bits per heavy atom. The van der Waals surface area contributed by atoms with Gasteiger partial charge in [-0.1, -0.05) is 0 Å². The summed E-state index contributed by atoms with van der Waals surface area (Å²) in [6.45, 7) is 2.59. The molecule has 12 heteroatoms. The van der Waals surface area contributed by atoms with Crippen LogP contribution in [0.1, 0.15) is 20.8 Å². The van der Waals surface area contributed by atoms with Gasteiger partial charge in [0.2, 0.25) is 11.8 Å². The fraction of sp³-hybridized carbons (Fsp3) is 0.846. The summed E-state index contributed by atoms with van der Waals surface area (Å²) in [6, 6.07) is -1.27. The van der Waals surface area contributed by atoms with Gasteiger partial charge in [-0.15, -0.1) is 4.91 Å². The van der Waals surface area contributed by atoms with Crippen LogP contribution in [0.4, 0.5) is 0 Å². The van der Waals surface area contributed by atoms with E-state index in [9.17, 15) is 29.8 Å². The van der Waals surface area contributed by atoms with E-state index in [4.69, 9.17) is 9.84 Å². The van der Waals surface area contributed by atoms with Crippen molar-refractivity contribution in [1.29, 1.82) is 0 Å². The normalized spacial score (nSPS) is 30.6. The Bertz CT molecular complexity index is 520. The van der Waals surface area contributed by atoms with Gasteiger partial charge in [-0.3, -0.25) is 9.59 Å². The van der Waals surface area contributed by atoms with E-state index in [1.165, 1.54) is 20.8 Å². The van der Waals surface area contributed by atoms with Crippen LogP contribution >= 0.6 is 11.9 Å². The summed E-state index contributed by atoms with van der Waals surface area (Å²) in [4.78, 5) is 34.6. The number of ether oxygens (including phenoxy) is 1. The summed E-state index contributed by atoms with van der Waals surface area (Å²) in [6.07, 6.45) is -4.49. The molecule has 0 unspecified atom stereocenters. The molecule has 0 bridgehead atoms. The monoisotopic (exact) mass is 381 g/mol. The zero-order valence-corrected chi connectivity index (χ0v) is 14.8. The summed E-state index contributed by atoms with van der Waals surface area (Å²) >= 11 is 0.522. The molecule has 1 saturated heterocycles. The highest BCUT2D eigenvalue weighted by molar-refractivity contribution is 7.99. The molecule has 5 atom stereocenters. The van der Waals surface area contributed by atoms with Gasteiger partial charge < -0.3 is 35.8 Å². The summed E-state index contributed by atoms with van der Waals surface area (Å²) in [7, 11) is 0. The van der Waals surface area contributed by atoms with Crippen molar-refractivity contribution < 1.29 is 34.8 Å². The highest BCUT2D eigenvalue weighted by Crippen LogP contribution is 2.32. The van der Waals surface area contributed by atoms with Crippen molar-refractivity contribution in [3.05, 3.63) is 4.91 Å². The molecule has 1 rings (SSSR count). The van der Waals surface area contributed by atoms with Gasteiger partial charge in [-0.25, -0.2) is 0 Å². The zero-order chi connectivity index (χ0) is 19.4. The van der Waals surface area contributed by atoms with Gasteiger partial charge in [0.25, 0.3) is 0 Å². The first kappa shape index (κ1) is 21.7. The van der Waals surface area contributed by atoms with Crippen molar-refractivity contribution in [2.45, 2.75) is 55.6 Å². The van der Waals surface area contributed by atoms with Crippen LogP contribution < -0.4 is 10.6 Å². The van der Waals surface area contributed by atoms with Gasteiger partial charge in [-0.05, 0) is 13.8 Å². The van der Waals surface area contributed by atoms with Crippen LogP contribution in [-0.4, -0.2) is 80.3 Å². The van der Waals surface area contributed by atoms with Crippen molar-refractivity contribution >= 4 is 23.8 Å². The molecule has 1 aliphatic rings. The second-order valence-corrected chi connectivity index (χ2v) is 7.60. The predicted molar refractivity (Wildman–Crippen MR) is 87.0 cm³/mol. The number of aliphatic hydroxyl groups is 4. The van der Waals surface area contributed by atoms with E-state index in [0.29, 0.717) is 11.9 Å². The fourth-order valence-electron chi connectivity index (χ4n) is 2.50. The third-order valence-electron chi connectivity index (χ3n) is 3.87. The quantitative estimate of drug-likeness (QED) is 0.197. The van der Waals surface area contributed by atoms with Gasteiger partial charge in [0.15, 0.2) is 5.72 Å². The molecule has 0 spiro atoms. The first-order valence-electron chi connectivity index (χ1n) is 7.40. The second kappa shape index (κ2) is 8.38. The predicted octanol–water partition coefficient (Wildman–Crippen LogP) is -2.40. The molecular formula is C13H23N3O8S. The molecule has 144 valence electrons. The van der Waals surface area contributed by atoms with E-state index in [0.717, 1.165) is 0 Å². The molecule has 0 aromatic rings. The van der Waals surface area contributed by atoms with Crippen LogP contribution in [-0.2, 0) is 14.3 Å². The number of hydrogen-bond donors (Lipinski definition) is 6. The first-order valence-corrected chi connectivity index (χ1v) is 8.17. The zero-order valence-electron chi connectivity index (χ0n) is 14.0. The van der Waals surface area contributed by atoms with Crippen molar-refractivity contribution in [1.82, 2.24) is 10.6 Å². The first-order chi connectivity index (χ1) is 11.5. The van der Waals surface area contributed by atoms with Gasteiger partial charge in [0.05, 0.1) is 18.0 Å². The average molecular weight is 381 g/mol. The van der Waals surface area contributed by atoms with E-state index < -0.39 is 59.9 Å². The largest absolute Gasteiger partial charge is 0.394 e. The molecule has 0 saturated carbocycles. The second-order valence-electron chi connectivity index (χ2n) is 6.21. The van der Waals surface area contributed by atoms with Crippen LogP contribution in [0.15, 0.2) is 4.58 Å². The third kappa shape index (κ3) is 4.65. The van der Waals surface area contributed by atoms with Crippen molar-refractivity contribution in [3.63, 3.8) is 0 Å². The number of amides is 2. The third-order valence-corrected chi connectivity index (χ3v) is 4.65. The number of aliphatic hydroxyl groups excluding tert-OH is 4. The minimum atomic E-state index is -2.07. The lowest BCUT2D eigenvalue weighted by Crippen LogP contribution is -2.65. The molecule has 1 aliphatic heterocycles. The fourth-order valence-corrected chi connectivity index (χ4v) is 2.96. The molecule has 11 nitrogen and oxygen atoms in total. The average Bonchev–Trinajstić information content (AvgIpc) is 2.77. The van der Waals surface area contributed by atoms with E-state index in [1.807, 2.05) is 0 Å². The van der Waals surface area contributed by atoms with Crippen LogP contribution in [0.25, 0.3) is 0 Å². The van der Waals surface area contributed by atoms with Crippen molar-refractivity contribution in [2.24, 2.45) is 4.58 Å². The van der Waals surface area contributed by atoms with Crippen LogP contribution in [0.5, 0.6) is 0 Å². The molecule has 2 amide bonds. The maximum Gasteiger partial charge on any atom is 0.246 e. The Labute approximate surface area is 148 Å². The van der Waals surface area contributed by atoms with Crippen molar-refractivity contribution in [3.8, 4) is 0 Å². The number of nitrogens with one attached hydrogen (secondary N) is 2. The Kier molecular flexibility index (Phi) is 7.28. The lowest BCUT2D eigenvalue weighted by molar-refractivity contribution is -0.158. The Morgan fingerprint density at radius 1 is 1.36 bits per heavy atom. The number of hydrogen-bond acceptors (Lipinski definition) is 10. The number of rotatable bonds is 8. The van der Waals surface area contributed by atoms with Crippen LogP contribution in [0.2, 0.25) is 0 Å². The standard InChI is InChI=1S/C13H23N3O8S/c1-6(19)14-9(12(2,3)25-16-23)11(22)15-13(5-18)10(21)8(20)7(4-17)24-13/h7-10,17-18,20-21H,4-5H2,1-3H3,(H,14,19)(H,15,22)/t7-,8-,9+,10+,13-/m1/s1. The molecule has 1 heterocycles. The number of nitrogens with zero attached hydrogens (tertiary/aromatic N) is 1. The van der Waals surface area contributed by atoms with E-state index in [2.05, 4.69) is 15.2 Å². The SMILES string of the molecule is CC(=O)N[C@@H](C(=O)N[C@]1(CO)O[C@H](CO)[C@@H](O)[C@@H]1O)C(C)(C)SN=O. The van der Waals surface area contributed by atoms with Crippen LogP contribution in [0.3, 0.4) is 0 Å². The summed E-state index contributed by atoms with van der Waals surface area (Å²) in [5.41, 5.74) is -2.07. The maximum absolute atomic E-state index is 12.6. The molecule has 1 fully saturated rings. The van der Waals surface area contributed by atoms with E-state index in [1.54, 1.807) is 0 Å². The molecule has 0 aromatic heterocycles. The highest BCUT2D eigenvalue weighted by atomic mass is 32.2. The summed E-state index contributed by atoms with van der Waals surface area (Å²) in [5.74, 6) is -1.44. The van der Waals surface area contributed by atoms with Gasteiger partial charge in [0.1, 0.15) is 24.4 Å². The summed E-state index contributed by atoms with van der Waals surface area (Å²) < 4.78 is 6.75. The Morgan fingerprint density at radius 2 is 1.96 bits per heavy atom. The molecular weight excluding hydrogens is 358 g/mol. The molecule has 6 N–H and O–H groups in total. The molecule has 0 radical (unpaired) electrons. The van der Waals surface area contributed by atoms with Crippen LogP contribution in [0, 0.1) is 4.91 Å². The Balaban J connectivity index is 3.08. The topological polar surface area (TPSA) is 178 Å². The van der Waals surface area contributed by atoms with E-state index in [-0.39, 0.29) is 0 Å². The molecule has 0 aromatic carbocycles. The molecule has 0 aliphatic carbocycles. The number of carbonyl (C=O) groups is 2. The minimum Gasteiger partial charge on any atom is -0.394 e. The Hall–Kier alpha value is -1.31. The maximum atomic E-state index is 12.6. The van der Waals surface area contributed by atoms with Gasteiger partial charge in [0, 0.05) is 23.5 Å². The lowest BCUT2D eigenvalue weighted by atomic mass is 9.99. The van der Waals surface area contributed by atoms with E-state index >= 15 is 0 Å². The van der Waals surface area contributed by atoms with Crippen molar-refractivity contribution in [2.75, 3.05) is 13.2 Å². The van der Waals surface area contributed by atoms with Gasteiger partial charge in [-0.2, -0.15) is 0 Å². The lowest BCUT2D eigenvalue weighted by Gasteiger charge is -2.36. The molecule has 25 heavy (non-hydrogen) atoms. The smallest absolute Gasteiger partial charge is 0.246 e. The number of nitroso groups, excluding NO2 is 1. The van der Waals surface area contributed by atoms with Gasteiger partial charge >= 0.3 is 0 Å². The minimum absolute atomic E-state index is 0.522. The highest BCUT2D eigenvalue weighted by Gasteiger charge is 2.55. The number of carbonyl (C=O) groups excluding carboxylic acids is 2.